The molecule has 3 aromatic carbocycles. The van der Waals surface area contributed by atoms with E-state index < -0.39 is 11.2 Å². The van der Waals surface area contributed by atoms with Gasteiger partial charge in [-0.1, -0.05) is 64.8 Å². The van der Waals surface area contributed by atoms with Crippen LogP contribution in [-0.2, 0) is 4.79 Å². The molecule has 1 atom stereocenters. The lowest BCUT2D eigenvalue weighted by atomic mass is 10.0. The zero-order chi connectivity index (χ0) is 23.5. The van der Waals surface area contributed by atoms with Crippen LogP contribution in [0.2, 0.25) is 10.0 Å². The summed E-state index contributed by atoms with van der Waals surface area (Å²) >= 11 is 13.1. The zero-order valence-electron chi connectivity index (χ0n) is 17.5. The molecule has 1 aliphatic heterocycles. The van der Waals surface area contributed by atoms with Crippen LogP contribution in [0.3, 0.4) is 0 Å². The molecule has 1 amide bonds. The van der Waals surface area contributed by atoms with Gasteiger partial charge < -0.3 is 11.1 Å². The molecule has 3 N–H and O–H groups in total. The SMILES string of the molecule is Cc1ccc(C(=O)C2SC(=Nc3ccc(Cl)cc3)C(C(=O)Nc3ccc(Cl)cc3)=C2N)cc1. The molecule has 1 unspecified atom stereocenters. The number of anilines is 1. The summed E-state index contributed by atoms with van der Waals surface area (Å²) in [7, 11) is 0. The van der Waals surface area contributed by atoms with Crippen LogP contribution in [0.1, 0.15) is 15.9 Å². The molecule has 0 radical (unpaired) electrons. The summed E-state index contributed by atoms with van der Waals surface area (Å²) in [5.74, 6) is -0.634. The van der Waals surface area contributed by atoms with Gasteiger partial charge in [0.1, 0.15) is 10.3 Å². The number of Topliss-reactive ketones (excluding diaryl/α,β-unsaturated/α-hetero) is 1. The van der Waals surface area contributed by atoms with Crippen LogP contribution in [-0.4, -0.2) is 22.0 Å². The number of hydrogen-bond donors (Lipinski definition) is 2. The van der Waals surface area contributed by atoms with E-state index in [-0.39, 0.29) is 17.1 Å². The van der Waals surface area contributed by atoms with E-state index in [0.29, 0.717) is 32.0 Å². The Hall–Kier alpha value is -3.06. The Labute approximate surface area is 205 Å². The number of carbonyl (C=O) groups excluding carboxylic acids is 2. The summed E-state index contributed by atoms with van der Waals surface area (Å²) in [5.41, 5.74) is 9.45. The first-order valence-corrected chi connectivity index (χ1v) is 11.6. The summed E-state index contributed by atoms with van der Waals surface area (Å²) in [5, 5.41) is 3.54. The highest BCUT2D eigenvalue weighted by molar-refractivity contribution is 8.16. The third kappa shape index (κ3) is 5.30. The first kappa shape index (κ1) is 23.1. The van der Waals surface area contributed by atoms with E-state index in [1.54, 1.807) is 60.7 Å². The lowest BCUT2D eigenvalue weighted by molar-refractivity contribution is -0.112. The minimum atomic E-state index is -0.760. The van der Waals surface area contributed by atoms with Gasteiger partial charge in [0.25, 0.3) is 5.91 Å². The van der Waals surface area contributed by atoms with E-state index in [1.807, 2.05) is 19.1 Å². The molecule has 1 aliphatic rings. The molecule has 1 heterocycles. The van der Waals surface area contributed by atoms with Crippen molar-refractivity contribution in [3.05, 3.63) is 105 Å². The quantitative estimate of drug-likeness (QED) is 0.413. The molecule has 0 aromatic heterocycles. The molecule has 0 aliphatic carbocycles. The molecule has 33 heavy (non-hydrogen) atoms. The summed E-state index contributed by atoms with van der Waals surface area (Å²) in [6.07, 6.45) is 0. The van der Waals surface area contributed by atoms with Crippen molar-refractivity contribution >= 4 is 63.1 Å². The number of thioether (sulfide) groups is 1. The molecule has 0 saturated heterocycles. The molecule has 5 nitrogen and oxygen atoms in total. The second kappa shape index (κ2) is 9.83. The molecular weight excluding hydrogens is 477 g/mol. The number of nitrogens with two attached hydrogens (primary N) is 1. The highest BCUT2D eigenvalue weighted by Gasteiger charge is 2.38. The molecule has 0 fully saturated rings. The van der Waals surface area contributed by atoms with Crippen molar-refractivity contribution in [1.82, 2.24) is 0 Å². The highest BCUT2D eigenvalue weighted by atomic mass is 35.5. The van der Waals surface area contributed by atoms with E-state index in [2.05, 4.69) is 10.3 Å². The number of nitrogens with zero attached hydrogens (tertiary/aromatic N) is 1. The van der Waals surface area contributed by atoms with E-state index >= 15 is 0 Å². The van der Waals surface area contributed by atoms with Gasteiger partial charge in [-0.3, -0.25) is 9.59 Å². The third-order valence-corrected chi connectivity index (χ3v) is 6.70. The third-order valence-electron chi connectivity index (χ3n) is 4.98. The maximum Gasteiger partial charge on any atom is 0.260 e. The lowest BCUT2D eigenvalue weighted by Crippen LogP contribution is -2.25. The lowest BCUT2D eigenvalue weighted by Gasteiger charge is -2.10. The van der Waals surface area contributed by atoms with Crippen molar-refractivity contribution in [3.8, 4) is 0 Å². The van der Waals surface area contributed by atoms with Crippen LogP contribution in [0.15, 0.2) is 89.1 Å². The molecule has 166 valence electrons. The van der Waals surface area contributed by atoms with Crippen LogP contribution < -0.4 is 11.1 Å². The van der Waals surface area contributed by atoms with Crippen LogP contribution in [0.4, 0.5) is 11.4 Å². The van der Waals surface area contributed by atoms with Gasteiger partial charge >= 0.3 is 0 Å². The Morgan fingerprint density at radius 2 is 1.48 bits per heavy atom. The second-order valence-electron chi connectivity index (χ2n) is 7.41. The highest BCUT2D eigenvalue weighted by Crippen LogP contribution is 2.37. The minimum absolute atomic E-state index is 0.171. The van der Waals surface area contributed by atoms with Gasteiger partial charge in [-0.05, 0) is 55.5 Å². The fraction of sp³-hybridized carbons (Fsp3) is 0.0800. The average molecular weight is 496 g/mol. The average Bonchev–Trinajstić information content (AvgIpc) is 3.12. The minimum Gasteiger partial charge on any atom is -0.400 e. The van der Waals surface area contributed by atoms with Gasteiger partial charge in [0.05, 0.1) is 11.3 Å². The topological polar surface area (TPSA) is 84.5 Å². The van der Waals surface area contributed by atoms with Crippen molar-refractivity contribution in [2.75, 3.05) is 5.32 Å². The Kier molecular flexibility index (Phi) is 6.88. The molecule has 8 heteroatoms. The fourth-order valence-electron chi connectivity index (χ4n) is 3.22. The van der Waals surface area contributed by atoms with Crippen molar-refractivity contribution < 1.29 is 9.59 Å². The number of hydrogen-bond acceptors (Lipinski definition) is 5. The van der Waals surface area contributed by atoms with Crippen LogP contribution >= 0.6 is 35.0 Å². The van der Waals surface area contributed by atoms with Crippen LogP contribution in [0.25, 0.3) is 0 Å². The number of nitrogens with one attached hydrogen (secondary N) is 1. The van der Waals surface area contributed by atoms with Crippen molar-refractivity contribution in [2.45, 2.75) is 12.2 Å². The van der Waals surface area contributed by atoms with Crippen LogP contribution in [0, 0.1) is 6.92 Å². The first-order chi connectivity index (χ1) is 15.8. The number of amides is 1. The molecule has 0 spiro atoms. The van der Waals surface area contributed by atoms with Gasteiger partial charge in [0.15, 0.2) is 5.78 Å². The van der Waals surface area contributed by atoms with Crippen LogP contribution in [0.5, 0.6) is 0 Å². The van der Waals surface area contributed by atoms with E-state index in [0.717, 1.165) is 17.3 Å². The molecule has 0 saturated carbocycles. The van der Waals surface area contributed by atoms with E-state index in [1.165, 1.54) is 0 Å². The largest absolute Gasteiger partial charge is 0.400 e. The Morgan fingerprint density at radius 3 is 2.09 bits per heavy atom. The summed E-state index contributed by atoms with van der Waals surface area (Å²) < 4.78 is 0. The molecule has 4 rings (SSSR count). The number of aryl methyl sites for hydroxylation is 1. The Balaban J connectivity index is 1.71. The Morgan fingerprint density at radius 1 is 0.909 bits per heavy atom. The summed E-state index contributed by atoms with van der Waals surface area (Å²) in [6.45, 7) is 1.95. The number of carbonyl (C=O) groups is 2. The van der Waals surface area contributed by atoms with Gasteiger partial charge in [-0.25, -0.2) is 4.99 Å². The predicted molar refractivity (Wildman–Crippen MR) is 137 cm³/mol. The van der Waals surface area contributed by atoms with Gasteiger partial charge in [-0.2, -0.15) is 0 Å². The van der Waals surface area contributed by atoms with Gasteiger partial charge in [0.2, 0.25) is 0 Å². The number of benzene rings is 3. The smallest absolute Gasteiger partial charge is 0.260 e. The van der Waals surface area contributed by atoms with Gasteiger partial charge in [0, 0.05) is 27.0 Å². The summed E-state index contributed by atoms with van der Waals surface area (Å²) in [4.78, 5) is 31.0. The van der Waals surface area contributed by atoms with Crippen molar-refractivity contribution in [3.63, 3.8) is 0 Å². The number of halogens is 2. The number of aliphatic imine (C=N–C) groups is 1. The second-order valence-corrected chi connectivity index (χ2v) is 9.38. The van der Waals surface area contributed by atoms with E-state index in [4.69, 9.17) is 28.9 Å². The molecular formula is C25H19Cl2N3O2S. The normalized spacial score (nSPS) is 16.8. The maximum absolute atomic E-state index is 13.2. The number of rotatable bonds is 5. The monoisotopic (exact) mass is 495 g/mol. The molecule has 0 bridgehead atoms. The number of ketones is 1. The maximum atomic E-state index is 13.2. The van der Waals surface area contributed by atoms with Gasteiger partial charge in [-0.15, -0.1) is 0 Å². The van der Waals surface area contributed by atoms with Crippen molar-refractivity contribution in [1.29, 1.82) is 0 Å². The fourth-order valence-corrected chi connectivity index (χ4v) is 4.67. The summed E-state index contributed by atoms with van der Waals surface area (Å²) in [6, 6.07) is 20.8. The molecule has 3 aromatic rings. The standard InChI is InChI=1S/C25H19Cl2N3O2S/c1-14-2-4-15(5-3-14)22(31)23-21(28)20(24(32)29-18-10-6-16(26)7-11-18)25(33-23)30-19-12-8-17(27)9-13-19/h2-13,23H,28H2,1H3,(H,29,32). The van der Waals surface area contributed by atoms with Crippen molar-refractivity contribution in [2.24, 2.45) is 10.7 Å². The first-order valence-electron chi connectivity index (χ1n) is 10.0. The van der Waals surface area contributed by atoms with E-state index in [9.17, 15) is 9.59 Å². The zero-order valence-corrected chi connectivity index (χ0v) is 19.8. The predicted octanol–water partition coefficient (Wildman–Crippen LogP) is 6.18. The Bertz CT molecular complexity index is 1270.